The highest BCUT2D eigenvalue weighted by molar-refractivity contribution is 6.06. The summed E-state index contributed by atoms with van der Waals surface area (Å²) in [6.07, 6.45) is 0.415. The average molecular weight is 304 g/mol. The molecule has 0 fully saturated rings. The summed E-state index contributed by atoms with van der Waals surface area (Å²) in [7, 11) is 1.65. The standard InChI is InChI=1S/C18H16N4O/c1-19-16(23)10-11-22-15-9-5-2-6-12(15)17-18(22)21-14-8-4-3-7-13(14)20-17/h2-9H,10-11H2,1H3,(H,19,23). The highest BCUT2D eigenvalue weighted by Crippen LogP contribution is 2.28. The van der Waals surface area contributed by atoms with Crippen molar-refractivity contribution >= 4 is 39.0 Å². The Hall–Kier alpha value is -2.95. The van der Waals surface area contributed by atoms with E-state index in [0.717, 1.165) is 33.1 Å². The maximum absolute atomic E-state index is 11.6. The van der Waals surface area contributed by atoms with Crippen LogP contribution in [-0.4, -0.2) is 27.5 Å². The van der Waals surface area contributed by atoms with E-state index in [1.807, 2.05) is 42.5 Å². The Morgan fingerprint density at radius 1 is 1.04 bits per heavy atom. The number of amides is 1. The van der Waals surface area contributed by atoms with Gasteiger partial charge in [0.1, 0.15) is 5.52 Å². The Morgan fingerprint density at radius 3 is 2.52 bits per heavy atom. The topological polar surface area (TPSA) is 59.8 Å². The Morgan fingerprint density at radius 2 is 1.74 bits per heavy atom. The minimum absolute atomic E-state index is 0.0182. The smallest absolute Gasteiger partial charge is 0.221 e. The predicted octanol–water partition coefficient (Wildman–Crippen LogP) is 2.87. The summed E-state index contributed by atoms with van der Waals surface area (Å²) >= 11 is 0. The van der Waals surface area contributed by atoms with Crippen LogP contribution in [0.25, 0.3) is 33.1 Å². The van der Waals surface area contributed by atoms with Crippen LogP contribution in [0.15, 0.2) is 48.5 Å². The molecule has 1 amide bonds. The Bertz CT molecular complexity index is 1040. The summed E-state index contributed by atoms with van der Waals surface area (Å²) in [4.78, 5) is 21.2. The average Bonchev–Trinajstić information content (AvgIpc) is 2.90. The van der Waals surface area contributed by atoms with Gasteiger partial charge in [0.05, 0.1) is 16.6 Å². The van der Waals surface area contributed by atoms with Crippen LogP contribution in [0.3, 0.4) is 0 Å². The number of nitrogens with one attached hydrogen (secondary N) is 1. The van der Waals surface area contributed by atoms with Crippen molar-refractivity contribution in [2.75, 3.05) is 7.05 Å². The summed E-state index contributed by atoms with van der Waals surface area (Å²) in [5, 5.41) is 3.73. The van der Waals surface area contributed by atoms with Gasteiger partial charge < -0.3 is 9.88 Å². The number of hydrogen-bond acceptors (Lipinski definition) is 3. The van der Waals surface area contributed by atoms with Crippen LogP contribution in [-0.2, 0) is 11.3 Å². The Kier molecular flexibility index (Phi) is 3.19. The lowest BCUT2D eigenvalue weighted by Gasteiger charge is -2.06. The normalized spacial score (nSPS) is 11.3. The number of benzene rings is 2. The van der Waals surface area contributed by atoms with Gasteiger partial charge in [-0.3, -0.25) is 4.79 Å². The number of carbonyl (C=O) groups is 1. The number of carbonyl (C=O) groups excluding carboxylic acids is 1. The molecule has 0 bridgehead atoms. The summed E-state index contributed by atoms with van der Waals surface area (Å²) in [6, 6.07) is 16.0. The zero-order chi connectivity index (χ0) is 15.8. The number of para-hydroxylation sites is 3. The third-order valence-corrected chi connectivity index (χ3v) is 4.10. The van der Waals surface area contributed by atoms with Crippen molar-refractivity contribution in [3.05, 3.63) is 48.5 Å². The van der Waals surface area contributed by atoms with Gasteiger partial charge in [-0.2, -0.15) is 0 Å². The fourth-order valence-electron chi connectivity index (χ4n) is 2.95. The van der Waals surface area contributed by atoms with Gasteiger partial charge in [0.15, 0.2) is 5.65 Å². The van der Waals surface area contributed by atoms with Crippen molar-refractivity contribution in [1.29, 1.82) is 0 Å². The molecule has 0 saturated carbocycles. The van der Waals surface area contributed by atoms with Crippen LogP contribution < -0.4 is 5.32 Å². The van der Waals surface area contributed by atoms with E-state index < -0.39 is 0 Å². The third kappa shape index (κ3) is 2.21. The molecule has 0 radical (unpaired) electrons. The van der Waals surface area contributed by atoms with E-state index in [1.54, 1.807) is 7.05 Å². The van der Waals surface area contributed by atoms with Gasteiger partial charge in [-0.25, -0.2) is 9.97 Å². The molecule has 23 heavy (non-hydrogen) atoms. The van der Waals surface area contributed by atoms with Gasteiger partial charge in [0, 0.05) is 25.4 Å². The highest BCUT2D eigenvalue weighted by Gasteiger charge is 2.14. The summed E-state index contributed by atoms with van der Waals surface area (Å²) in [5.41, 5.74) is 4.52. The van der Waals surface area contributed by atoms with Gasteiger partial charge in [0.2, 0.25) is 5.91 Å². The molecule has 0 aliphatic heterocycles. The number of hydrogen-bond donors (Lipinski definition) is 1. The quantitative estimate of drug-likeness (QED) is 0.633. The van der Waals surface area contributed by atoms with Crippen LogP contribution >= 0.6 is 0 Å². The van der Waals surface area contributed by atoms with E-state index in [1.165, 1.54) is 0 Å². The zero-order valence-electron chi connectivity index (χ0n) is 12.8. The lowest BCUT2D eigenvalue weighted by molar-refractivity contribution is -0.120. The minimum Gasteiger partial charge on any atom is -0.359 e. The minimum atomic E-state index is 0.0182. The summed E-state index contributed by atoms with van der Waals surface area (Å²) in [5.74, 6) is 0.0182. The monoisotopic (exact) mass is 304 g/mol. The lowest BCUT2D eigenvalue weighted by atomic mass is 10.2. The number of aromatic nitrogens is 3. The first-order valence-electron chi connectivity index (χ1n) is 7.62. The van der Waals surface area contributed by atoms with Gasteiger partial charge in [-0.1, -0.05) is 30.3 Å². The van der Waals surface area contributed by atoms with Crippen LogP contribution in [0.1, 0.15) is 6.42 Å². The first-order valence-corrected chi connectivity index (χ1v) is 7.62. The molecule has 0 aliphatic rings. The second kappa shape index (κ2) is 5.35. The fraction of sp³-hybridized carbons (Fsp3) is 0.167. The first kappa shape index (κ1) is 13.7. The van der Waals surface area contributed by atoms with Crippen LogP contribution in [0.5, 0.6) is 0 Å². The van der Waals surface area contributed by atoms with Crippen molar-refractivity contribution in [1.82, 2.24) is 19.9 Å². The SMILES string of the molecule is CNC(=O)CCn1c2ccccc2c2nc3ccccc3nc21. The van der Waals surface area contributed by atoms with Crippen molar-refractivity contribution in [3.63, 3.8) is 0 Å². The van der Waals surface area contributed by atoms with Gasteiger partial charge in [-0.05, 0) is 18.2 Å². The molecular formula is C18H16N4O. The van der Waals surface area contributed by atoms with E-state index in [9.17, 15) is 4.79 Å². The van der Waals surface area contributed by atoms with E-state index in [4.69, 9.17) is 9.97 Å². The van der Waals surface area contributed by atoms with Gasteiger partial charge >= 0.3 is 0 Å². The molecule has 5 heteroatoms. The molecular weight excluding hydrogens is 288 g/mol. The molecule has 0 aliphatic carbocycles. The van der Waals surface area contributed by atoms with Crippen molar-refractivity contribution in [2.24, 2.45) is 0 Å². The number of rotatable bonds is 3. The second-order valence-corrected chi connectivity index (χ2v) is 5.48. The highest BCUT2D eigenvalue weighted by atomic mass is 16.1. The molecule has 0 spiro atoms. The molecule has 4 aromatic rings. The molecule has 2 aromatic heterocycles. The van der Waals surface area contributed by atoms with E-state index in [-0.39, 0.29) is 5.91 Å². The number of aryl methyl sites for hydroxylation is 1. The molecule has 2 heterocycles. The molecule has 0 atom stereocenters. The molecule has 4 rings (SSSR count). The van der Waals surface area contributed by atoms with Gasteiger partial charge in [-0.15, -0.1) is 0 Å². The largest absolute Gasteiger partial charge is 0.359 e. The van der Waals surface area contributed by atoms with E-state index >= 15 is 0 Å². The van der Waals surface area contributed by atoms with Crippen LogP contribution in [0, 0.1) is 0 Å². The van der Waals surface area contributed by atoms with E-state index in [2.05, 4.69) is 16.0 Å². The number of fused-ring (bicyclic) bond motifs is 4. The fourth-order valence-corrected chi connectivity index (χ4v) is 2.95. The summed E-state index contributed by atoms with van der Waals surface area (Å²) in [6.45, 7) is 0.580. The third-order valence-electron chi connectivity index (χ3n) is 4.10. The molecule has 114 valence electrons. The molecule has 0 saturated heterocycles. The second-order valence-electron chi connectivity index (χ2n) is 5.48. The van der Waals surface area contributed by atoms with Crippen molar-refractivity contribution in [3.8, 4) is 0 Å². The van der Waals surface area contributed by atoms with E-state index in [0.29, 0.717) is 13.0 Å². The van der Waals surface area contributed by atoms with Crippen LogP contribution in [0.4, 0.5) is 0 Å². The molecule has 2 aromatic carbocycles. The zero-order valence-corrected chi connectivity index (χ0v) is 12.8. The molecule has 0 unspecified atom stereocenters. The predicted molar refractivity (Wildman–Crippen MR) is 91.2 cm³/mol. The van der Waals surface area contributed by atoms with Crippen molar-refractivity contribution < 1.29 is 4.79 Å². The maximum Gasteiger partial charge on any atom is 0.221 e. The molecule has 1 N–H and O–H groups in total. The first-order chi connectivity index (χ1) is 11.3. The van der Waals surface area contributed by atoms with Crippen LogP contribution in [0.2, 0.25) is 0 Å². The maximum atomic E-state index is 11.6. The van der Waals surface area contributed by atoms with Gasteiger partial charge in [0.25, 0.3) is 0 Å². The molecule has 5 nitrogen and oxygen atoms in total. The Labute approximate surface area is 133 Å². The Balaban J connectivity index is 2.00. The summed E-state index contributed by atoms with van der Waals surface area (Å²) < 4.78 is 2.08. The lowest BCUT2D eigenvalue weighted by Crippen LogP contribution is -2.19. The van der Waals surface area contributed by atoms with Crippen molar-refractivity contribution in [2.45, 2.75) is 13.0 Å². The number of nitrogens with zero attached hydrogens (tertiary/aromatic N) is 3.